The molecule has 0 spiro atoms. The first kappa shape index (κ1) is 21.4. The Morgan fingerprint density at radius 1 is 1.10 bits per heavy atom. The summed E-state index contributed by atoms with van der Waals surface area (Å²) in [6, 6.07) is 14.6. The van der Waals surface area contributed by atoms with Gasteiger partial charge in [0.2, 0.25) is 0 Å². The summed E-state index contributed by atoms with van der Waals surface area (Å²) in [5.74, 6) is 2.60. The summed E-state index contributed by atoms with van der Waals surface area (Å²) in [6.07, 6.45) is 1.76. The maximum absolute atomic E-state index is 12.8. The summed E-state index contributed by atoms with van der Waals surface area (Å²) < 4.78 is 18.2. The molecule has 0 saturated carbocycles. The normalized spacial score (nSPS) is 10.5. The highest BCUT2D eigenvalue weighted by atomic mass is 32.2. The smallest absolute Gasteiger partial charge is 0.192 e. The zero-order valence-electron chi connectivity index (χ0n) is 16.9. The minimum Gasteiger partial charge on any atom is -0.497 e. The van der Waals surface area contributed by atoms with E-state index in [0.29, 0.717) is 34.6 Å². The van der Waals surface area contributed by atoms with E-state index in [4.69, 9.17) is 14.2 Å². The number of methoxy groups -OCH3 is 2. The summed E-state index contributed by atoms with van der Waals surface area (Å²) in [5, 5.41) is 9.08. The van der Waals surface area contributed by atoms with Gasteiger partial charge in [0.1, 0.15) is 23.9 Å². The molecule has 1 heterocycles. The Morgan fingerprint density at radius 2 is 1.90 bits per heavy atom. The standard InChI is InChI=1S/C22H23N3O4S/c1-4-12-25-21(14-29-16-8-6-5-7-9-16)23-24-22(25)30-15-19(26)18-13-17(27-2)10-11-20(18)28-3/h4-11,13H,1,12,14-15H2,2-3H3. The third-order valence-corrected chi connectivity index (χ3v) is 5.22. The van der Waals surface area contributed by atoms with Gasteiger partial charge in [0, 0.05) is 6.54 Å². The highest BCUT2D eigenvalue weighted by Gasteiger charge is 2.18. The van der Waals surface area contributed by atoms with E-state index in [0.717, 1.165) is 5.75 Å². The maximum Gasteiger partial charge on any atom is 0.192 e. The predicted octanol–water partition coefficient (Wildman–Crippen LogP) is 4.04. The zero-order valence-corrected chi connectivity index (χ0v) is 17.7. The molecule has 0 unspecified atom stereocenters. The van der Waals surface area contributed by atoms with Gasteiger partial charge in [-0.15, -0.1) is 16.8 Å². The molecule has 30 heavy (non-hydrogen) atoms. The number of ether oxygens (including phenoxy) is 3. The highest BCUT2D eigenvalue weighted by molar-refractivity contribution is 7.99. The molecule has 1 aromatic heterocycles. The highest BCUT2D eigenvalue weighted by Crippen LogP contribution is 2.27. The molecule has 0 radical (unpaired) electrons. The van der Waals surface area contributed by atoms with Crippen molar-refractivity contribution in [2.45, 2.75) is 18.3 Å². The number of Topliss-reactive ketones (excluding diaryl/α,β-unsaturated/α-hetero) is 1. The van der Waals surface area contributed by atoms with Crippen molar-refractivity contribution >= 4 is 17.5 Å². The number of thioether (sulfide) groups is 1. The first-order valence-corrected chi connectivity index (χ1v) is 10.2. The van der Waals surface area contributed by atoms with E-state index in [-0.39, 0.29) is 18.1 Å². The van der Waals surface area contributed by atoms with Crippen molar-refractivity contribution < 1.29 is 19.0 Å². The first-order chi connectivity index (χ1) is 14.7. The molecule has 0 bridgehead atoms. The summed E-state index contributed by atoms with van der Waals surface area (Å²) in [5.41, 5.74) is 0.465. The van der Waals surface area contributed by atoms with Crippen LogP contribution in [0.25, 0.3) is 0 Å². The Kier molecular flexibility index (Phi) is 7.51. The Bertz CT molecular complexity index is 1000. The molecule has 0 aliphatic heterocycles. The van der Waals surface area contributed by atoms with Crippen LogP contribution in [0.15, 0.2) is 66.3 Å². The van der Waals surface area contributed by atoms with E-state index >= 15 is 0 Å². The molecule has 0 N–H and O–H groups in total. The van der Waals surface area contributed by atoms with Crippen LogP contribution < -0.4 is 14.2 Å². The van der Waals surface area contributed by atoms with Gasteiger partial charge in [0.25, 0.3) is 0 Å². The van der Waals surface area contributed by atoms with Crippen molar-refractivity contribution in [1.29, 1.82) is 0 Å². The first-order valence-electron chi connectivity index (χ1n) is 9.25. The van der Waals surface area contributed by atoms with Crippen LogP contribution in [0.3, 0.4) is 0 Å². The maximum atomic E-state index is 12.8. The summed E-state index contributed by atoms with van der Waals surface area (Å²) >= 11 is 1.31. The quantitative estimate of drug-likeness (QED) is 0.261. The third kappa shape index (κ3) is 5.21. The molecular formula is C22H23N3O4S. The number of allylic oxidation sites excluding steroid dienone is 1. The van der Waals surface area contributed by atoms with E-state index in [1.165, 1.54) is 18.9 Å². The van der Waals surface area contributed by atoms with Crippen LogP contribution in [-0.2, 0) is 13.2 Å². The number of carbonyl (C=O) groups excluding carboxylic acids is 1. The summed E-state index contributed by atoms with van der Waals surface area (Å²) in [4.78, 5) is 12.8. The number of rotatable bonds is 11. The molecule has 0 atom stereocenters. The van der Waals surface area contributed by atoms with Crippen LogP contribution in [-0.4, -0.2) is 40.5 Å². The average molecular weight is 426 g/mol. The molecule has 156 valence electrons. The molecular weight excluding hydrogens is 402 g/mol. The number of carbonyl (C=O) groups is 1. The van der Waals surface area contributed by atoms with Gasteiger partial charge in [-0.05, 0) is 30.3 Å². The molecule has 0 saturated heterocycles. The van der Waals surface area contributed by atoms with Crippen LogP contribution in [0.4, 0.5) is 0 Å². The zero-order chi connectivity index (χ0) is 21.3. The molecule has 0 amide bonds. The summed E-state index contributed by atoms with van der Waals surface area (Å²) in [7, 11) is 3.09. The van der Waals surface area contributed by atoms with Crippen molar-refractivity contribution in [3.8, 4) is 17.2 Å². The van der Waals surface area contributed by atoms with Gasteiger partial charge >= 0.3 is 0 Å². The largest absolute Gasteiger partial charge is 0.497 e. The molecule has 0 aliphatic carbocycles. The van der Waals surface area contributed by atoms with Crippen molar-refractivity contribution in [2.75, 3.05) is 20.0 Å². The van der Waals surface area contributed by atoms with E-state index in [9.17, 15) is 4.79 Å². The number of benzene rings is 2. The van der Waals surface area contributed by atoms with E-state index < -0.39 is 0 Å². The Hall–Kier alpha value is -3.26. The minimum absolute atomic E-state index is 0.0917. The fraction of sp³-hybridized carbons (Fsp3) is 0.227. The van der Waals surface area contributed by atoms with Crippen molar-refractivity contribution in [1.82, 2.24) is 14.8 Å². The number of hydrogen-bond donors (Lipinski definition) is 0. The van der Waals surface area contributed by atoms with Gasteiger partial charge in [-0.1, -0.05) is 36.0 Å². The van der Waals surface area contributed by atoms with Crippen molar-refractivity contribution in [2.24, 2.45) is 0 Å². The van der Waals surface area contributed by atoms with Crippen LogP contribution in [0, 0.1) is 0 Å². The van der Waals surface area contributed by atoms with Gasteiger partial charge < -0.3 is 14.2 Å². The van der Waals surface area contributed by atoms with Gasteiger partial charge in [-0.25, -0.2) is 0 Å². The Morgan fingerprint density at radius 3 is 2.60 bits per heavy atom. The van der Waals surface area contributed by atoms with E-state index in [1.807, 2.05) is 34.9 Å². The number of nitrogens with zero attached hydrogens (tertiary/aromatic N) is 3. The van der Waals surface area contributed by atoms with E-state index in [1.54, 1.807) is 31.4 Å². The SMILES string of the molecule is C=CCn1c(COc2ccccc2)nnc1SCC(=O)c1cc(OC)ccc1OC. The van der Waals surface area contributed by atoms with Crippen molar-refractivity contribution in [3.63, 3.8) is 0 Å². The lowest BCUT2D eigenvalue weighted by molar-refractivity contribution is 0.101. The monoisotopic (exact) mass is 425 g/mol. The number of para-hydroxylation sites is 1. The van der Waals surface area contributed by atoms with Crippen LogP contribution in [0.1, 0.15) is 16.2 Å². The number of hydrogen-bond acceptors (Lipinski definition) is 7. The number of ketones is 1. The van der Waals surface area contributed by atoms with Gasteiger partial charge in [-0.2, -0.15) is 0 Å². The van der Waals surface area contributed by atoms with E-state index in [2.05, 4.69) is 16.8 Å². The van der Waals surface area contributed by atoms with Crippen LogP contribution >= 0.6 is 11.8 Å². The molecule has 2 aromatic carbocycles. The second-order valence-electron chi connectivity index (χ2n) is 6.18. The summed E-state index contributed by atoms with van der Waals surface area (Å²) in [6.45, 7) is 4.58. The molecule has 7 nitrogen and oxygen atoms in total. The second-order valence-corrected chi connectivity index (χ2v) is 7.12. The van der Waals surface area contributed by atoms with Crippen LogP contribution in [0.2, 0.25) is 0 Å². The fourth-order valence-corrected chi connectivity index (χ4v) is 3.60. The lowest BCUT2D eigenvalue weighted by Gasteiger charge is -2.10. The molecule has 3 aromatic rings. The van der Waals surface area contributed by atoms with Crippen LogP contribution in [0.5, 0.6) is 17.2 Å². The topological polar surface area (TPSA) is 75.5 Å². The lowest BCUT2D eigenvalue weighted by atomic mass is 10.1. The van der Waals surface area contributed by atoms with Gasteiger partial charge in [-0.3, -0.25) is 9.36 Å². The predicted molar refractivity (Wildman–Crippen MR) is 116 cm³/mol. The average Bonchev–Trinajstić information content (AvgIpc) is 3.18. The lowest BCUT2D eigenvalue weighted by Crippen LogP contribution is -2.09. The fourth-order valence-electron chi connectivity index (χ4n) is 2.75. The molecule has 0 aliphatic rings. The third-order valence-electron chi connectivity index (χ3n) is 4.26. The second kappa shape index (κ2) is 10.5. The molecule has 3 rings (SSSR count). The minimum atomic E-state index is -0.0917. The Balaban J connectivity index is 1.71. The van der Waals surface area contributed by atoms with Gasteiger partial charge in [0.05, 0.1) is 25.5 Å². The molecule has 0 fully saturated rings. The van der Waals surface area contributed by atoms with Gasteiger partial charge in [0.15, 0.2) is 16.8 Å². The Labute approximate surface area is 179 Å². The number of aromatic nitrogens is 3. The van der Waals surface area contributed by atoms with Crippen molar-refractivity contribution in [3.05, 3.63) is 72.6 Å². The molecule has 8 heteroatoms.